The van der Waals surface area contributed by atoms with Crippen molar-refractivity contribution in [3.63, 3.8) is 0 Å². The van der Waals surface area contributed by atoms with E-state index >= 15 is 0 Å². The van der Waals surface area contributed by atoms with Gasteiger partial charge in [-0.3, -0.25) is 0 Å². The molecular weight excluding hydrogens is 112 g/mol. The highest BCUT2D eigenvalue weighted by Gasteiger charge is 2.15. The van der Waals surface area contributed by atoms with Gasteiger partial charge in [-0.2, -0.15) is 0 Å². The van der Waals surface area contributed by atoms with E-state index in [2.05, 4.69) is 6.92 Å². The summed E-state index contributed by atoms with van der Waals surface area (Å²) in [5.74, 6) is 0. The molecule has 0 aromatic heterocycles. The van der Waals surface area contributed by atoms with Crippen molar-refractivity contribution in [1.29, 1.82) is 0 Å². The minimum absolute atomic E-state index is 0.926. The van der Waals surface area contributed by atoms with Crippen LogP contribution in [-0.4, -0.2) is 6.61 Å². The predicted molar refractivity (Wildman–Crippen MR) is 38.0 cm³/mol. The van der Waals surface area contributed by atoms with Gasteiger partial charge in [0.1, 0.15) is 0 Å². The summed E-state index contributed by atoms with van der Waals surface area (Å²) in [5.41, 5.74) is 0. The number of rotatable bonds is 3. The monoisotopic (exact) mass is 127 g/mol. The lowest BCUT2D eigenvalue weighted by Gasteiger charge is -2.06. The van der Waals surface area contributed by atoms with Gasteiger partial charge in [-0.15, -0.1) is 0 Å². The fraction of sp³-hybridized carbons (Fsp3) is 0.875. The Morgan fingerprint density at radius 3 is 2.56 bits per heavy atom. The van der Waals surface area contributed by atoms with Crippen LogP contribution in [0.25, 0.3) is 0 Å². The summed E-state index contributed by atoms with van der Waals surface area (Å²) in [6.45, 7) is 3.07. The molecule has 0 atom stereocenters. The summed E-state index contributed by atoms with van der Waals surface area (Å²) in [5, 5.41) is 0. The molecule has 0 aliphatic heterocycles. The molecule has 0 aromatic carbocycles. The molecule has 1 rings (SSSR count). The van der Waals surface area contributed by atoms with E-state index in [1.54, 1.807) is 0 Å². The SMILES string of the molecule is CCCO[C]1CCCC1. The molecule has 0 bridgehead atoms. The van der Waals surface area contributed by atoms with Gasteiger partial charge in [0.2, 0.25) is 0 Å². The first kappa shape index (κ1) is 7.07. The Labute approximate surface area is 57.4 Å². The topological polar surface area (TPSA) is 9.23 Å². The van der Waals surface area contributed by atoms with E-state index in [1.807, 2.05) is 0 Å². The average molecular weight is 127 g/mol. The minimum Gasteiger partial charge on any atom is -0.372 e. The Balaban J connectivity index is 1.98. The molecule has 0 aromatic rings. The van der Waals surface area contributed by atoms with Crippen molar-refractivity contribution in [1.82, 2.24) is 0 Å². The molecule has 1 saturated carbocycles. The van der Waals surface area contributed by atoms with E-state index in [9.17, 15) is 0 Å². The Bertz CT molecular complexity index is 65.0. The van der Waals surface area contributed by atoms with Crippen molar-refractivity contribution in [3.8, 4) is 0 Å². The molecule has 0 N–H and O–H groups in total. The van der Waals surface area contributed by atoms with Gasteiger partial charge < -0.3 is 4.74 Å². The van der Waals surface area contributed by atoms with Crippen molar-refractivity contribution < 1.29 is 4.74 Å². The van der Waals surface area contributed by atoms with E-state index in [0.717, 1.165) is 13.0 Å². The molecule has 0 unspecified atom stereocenters. The van der Waals surface area contributed by atoms with Crippen molar-refractivity contribution in [2.45, 2.75) is 39.0 Å². The summed E-state index contributed by atoms with van der Waals surface area (Å²) in [7, 11) is 0. The Hall–Kier alpha value is -0.0400. The molecule has 53 valence electrons. The van der Waals surface area contributed by atoms with Crippen LogP contribution in [0.15, 0.2) is 0 Å². The van der Waals surface area contributed by atoms with Crippen LogP contribution in [0, 0.1) is 6.10 Å². The number of hydrogen-bond acceptors (Lipinski definition) is 1. The maximum absolute atomic E-state index is 5.47. The normalized spacial score (nSPS) is 21.0. The fourth-order valence-electron chi connectivity index (χ4n) is 1.16. The molecule has 9 heavy (non-hydrogen) atoms. The Morgan fingerprint density at radius 1 is 1.33 bits per heavy atom. The number of ether oxygens (including phenoxy) is 1. The summed E-state index contributed by atoms with van der Waals surface area (Å²) in [6.07, 6.45) is 7.62. The van der Waals surface area contributed by atoms with Crippen LogP contribution >= 0.6 is 0 Å². The van der Waals surface area contributed by atoms with E-state index in [4.69, 9.17) is 4.74 Å². The molecule has 1 aliphatic rings. The van der Waals surface area contributed by atoms with Gasteiger partial charge in [-0.05, 0) is 19.3 Å². The smallest absolute Gasteiger partial charge is 0.0970 e. The molecule has 1 radical (unpaired) electrons. The van der Waals surface area contributed by atoms with E-state index < -0.39 is 0 Å². The predicted octanol–water partition coefficient (Wildman–Crippen LogP) is 2.52. The first-order chi connectivity index (χ1) is 4.43. The summed E-state index contributed by atoms with van der Waals surface area (Å²) < 4.78 is 5.47. The van der Waals surface area contributed by atoms with E-state index in [-0.39, 0.29) is 0 Å². The zero-order valence-corrected chi connectivity index (χ0v) is 6.15. The molecule has 0 spiro atoms. The molecule has 0 amide bonds. The highest BCUT2D eigenvalue weighted by Crippen LogP contribution is 2.27. The van der Waals surface area contributed by atoms with Crippen LogP contribution < -0.4 is 0 Å². The second-order valence-corrected chi connectivity index (χ2v) is 2.59. The lowest BCUT2D eigenvalue weighted by Crippen LogP contribution is -1.98. The second-order valence-electron chi connectivity index (χ2n) is 2.59. The highest BCUT2D eigenvalue weighted by atomic mass is 16.5. The molecule has 1 nitrogen and oxygen atoms in total. The molecule has 0 heterocycles. The zero-order valence-electron chi connectivity index (χ0n) is 6.15. The highest BCUT2D eigenvalue weighted by molar-refractivity contribution is 4.84. The molecular formula is C8H15O. The van der Waals surface area contributed by atoms with E-state index in [1.165, 1.54) is 31.8 Å². The zero-order chi connectivity index (χ0) is 6.53. The van der Waals surface area contributed by atoms with Gasteiger partial charge in [0, 0.05) is 6.61 Å². The summed E-state index contributed by atoms with van der Waals surface area (Å²) in [4.78, 5) is 0. The number of hydrogen-bond donors (Lipinski definition) is 0. The van der Waals surface area contributed by atoms with Crippen molar-refractivity contribution >= 4 is 0 Å². The summed E-state index contributed by atoms with van der Waals surface area (Å²) >= 11 is 0. The van der Waals surface area contributed by atoms with Crippen LogP contribution in [-0.2, 0) is 4.74 Å². The van der Waals surface area contributed by atoms with Crippen LogP contribution in [0.1, 0.15) is 39.0 Å². The fourth-order valence-corrected chi connectivity index (χ4v) is 1.16. The largest absolute Gasteiger partial charge is 0.372 e. The Kier molecular flexibility index (Phi) is 3.05. The van der Waals surface area contributed by atoms with Crippen LogP contribution in [0.4, 0.5) is 0 Å². The molecule has 0 saturated heterocycles. The van der Waals surface area contributed by atoms with Gasteiger partial charge in [0.05, 0.1) is 6.10 Å². The van der Waals surface area contributed by atoms with Gasteiger partial charge in [0.15, 0.2) is 0 Å². The third-order valence-corrected chi connectivity index (χ3v) is 1.67. The summed E-state index contributed by atoms with van der Waals surface area (Å²) in [6, 6.07) is 0. The quantitative estimate of drug-likeness (QED) is 0.566. The van der Waals surface area contributed by atoms with Crippen molar-refractivity contribution in [2.24, 2.45) is 0 Å². The molecule has 1 aliphatic carbocycles. The van der Waals surface area contributed by atoms with Gasteiger partial charge in [-0.25, -0.2) is 0 Å². The van der Waals surface area contributed by atoms with Gasteiger partial charge in [-0.1, -0.05) is 19.8 Å². The molecule has 1 heteroatoms. The van der Waals surface area contributed by atoms with Crippen LogP contribution in [0.5, 0.6) is 0 Å². The average Bonchev–Trinajstić information content (AvgIpc) is 2.34. The van der Waals surface area contributed by atoms with Gasteiger partial charge in [0.25, 0.3) is 0 Å². The van der Waals surface area contributed by atoms with Crippen LogP contribution in [0.2, 0.25) is 0 Å². The minimum atomic E-state index is 0.926. The van der Waals surface area contributed by atoms with Crippen LogP contribution in [0.3, 0.4) is 0 Å². The van der Waals surface area contributed by atoms with E-state index in [0.29, 0.717) is 0 Å². The van der Waals surface area contributed by atoms with Crippen molar-refractivity contribution in [2.75, 3.05) is 6.61 Å². The third-order valence-electron chi connectivity index (χ3n) is 1.67. The van der Waals surface area contributed by atoms with Gasteiger partial charge >= 0.3 is 0 Å². The van der Waals surface area contributed by atoms with Crippen molar-refractivity contribution in [3.05, 3.63) is 6.10 Å². The maximum Gasteiger partial charge on any atom is 0.0970 e. The third kappa shape index (κ3) is 2.35. The first-order valence-corrected chi connectivity index (χ1v) is 3.91. The maximum atomic E-state index is 5.47. The second kappa shape index (κ2) is 3.89. The standard InChI is InChI=1S/C8H15O/c1-2-7-9-8-5-3-4-6-8/h2-7H2,1H3. The lowest BCUT2D eigenvalue weighted by atomic mass is 10.3. The Morgan fingerprint density at radius 2 is 2.00 bits per heavy atom. The lowest BCUT2D eigenvalue weighted by molar-refractivity contribution is 0.141. The first-order valence-electron chi connectivity index (χ1n) is 3.91. The molecule has 1 fully saturated rings.